The number of halogens is 1. The van der Waals surface area contributed by atoms with Crippen LogP contribution in [0.5, 0.6) is 0 Å². The summed E-state index contributed by atoms with van der Waals surface area (Å²) in [6.45, 7) is 2.81. The Morgan fingerprint density at radius 1 is 1.36 bits per heavy atom. The van der Waals surface area contributed by atoms with E-state index in [9.17, 15) is 0 Å². The minimum atomic E-state index is 0.741. The van der Waals surface area contributed by atoms with Crippen molar-refractivity contribution in [2.45, 2.75) is 6.92 Å². The predicted molar refractivity (Wildman–Crippen MR) is 61.6 cm³/mol. The van der Waals surface area contributed by atoms with E-state index in [1.54, 1.807) is 0 Å². The van der Waals surface area contributed by atoms with Gasteiger partial charge in [-0.25, -0.2) is 0 Å². The molecule has 0 bridgehead atoms. The highest BCUT2D eigenvalue weighted by Crippen LogP contribution is 2.13. The molecule has 0 unspecified atom stereocenters. The summed E-state index contributed by atoms with van der Waals surface area (Å²) in [6, 6.07) is 5.77. The van der Waals surface area contributed by atoms with Gasteiger partial charge in [-0.05, 0) is 38.7 Å². The van der Waals surface area contributed by atoms with Crippen LogP contribution in [0.3, 0.4) is 0 Å². The van der Waals surface area contributed by atoms with E-state index in [2.05, 4.69) is 11.8 Å². The summed E-state index contributed by atoms with van der Waals surface area (Å²) in [5.74, 6) is 6.20. The molecule has 0 N–H and O–H groups in total. The van der Waals surface area contributed by atoms with Crippen LogP contribution in [0.2, 0.25) is 5.02 Å². The summed E-state index contributed by atoms with van der Waals surface area (Å²) in [6.07, 6.45) is 0. The molecule has 0 spiro atoms. The second kappa shape index (κ2) is 5.05. The van der Waals surface area contributed by atoms with Crippen molar-refractivity contribution in [3.63, 3.8) is 0 Å². The highest BCUT2D eigenvalue weighted by Gasteiger charge is 1.94. The highest BCUT2D eigenvalue weighted by atomic mass is 35.5. The first-order valence-electron chi connectivity index (χ1n) is 4.49. The molecule has 0 radical (unpaired) electrons. The van der Waals surface area contributed by atoms with Gasteiger partial charge in [0.25, 0.3) is 0 Å². The third-order valence-electron chi connectivity index (χ3n) is 1.82. The maximum atomic E-state index is 5.88. The molecule has 0 aliphatic heterocycles. The number of benzene rings is 1. The van der Waals surface area contributed by atoms with Gasteiger partial charge in [0.05, 0.1) is 6.54 Å². The zero-order valence-electron chi connectivity index (χ0n) is 8.76. The molecule has 1 aromatic rings. The lowest BCUT2D eigenvalue weighted by Crippen LogP contribution is -2.10. The lowest BCUT2D eigenvalue weighted by molar-refractivity contribution is 0.464. The van der Waals surface area contributed by atoms with E-state index in [4.69, 9.17) is 11.6 Å². The van der Waals surface area contributed by atoms with Gasteiger partial charge in [-0.1, -0.05) is 29.5 Å². The van der Waals surface area contributed by atoms with Crippen molar-refractivity contribution in [1.82, 2.24) is 4.90 Å². The summed E-state index contributed by atoms with van der Waals surface area (Å²) in [5.41, 5.74) is 2.18. The number of rotatable bonds is 1. The van der Waals surface area contributed by atoms with Crippen molar-refractivity contribution in [2.75, 3.05) is 20.6 Å². The van der Waals surface area contributed by atoms with Crippen LogP contribution in [-0.4, -0.2) is 25.5 Å². The molecule has 14 heavy (non-hydrogen) atoms. The smallest absolute Gasteiger partial charge is 0.0600 e. The second-order valence-electron chi connectivity index (χ2n) is 3.50. The van der Waals surface area contributed by atoms with E-state index >= 15 is 0 Å². The molecule has 1 nitrogen and oxygen atoms in total. The summed E-state index contributed by atoms with van der Waals surface area (Å²) < 4.78 is 0. The largest absolute Gasteiger partial charge is 0.299 e. The summed E-state index contributed by atoms with van der Waals surface area (Å²) >= 11 is 5.88. The van der Waals surface area contributed by atoms with E-state index in [0.717, 1.165) is 17.1 Å². The van der Waals surface area contributed by atoms with Crippen molar-refractivity contribution >= 4 is 11.6 Å². The first-order valence-corrected chi connectivity index (χ1v) is 4.87. The lowest BCUT2D eigenvalue weighted by atomic mass is 10.1. The van der Waals surface area contributed by atoms with Crippen molar-refractivity contribution in [1.29, 1.82) is 0 Å². The van der Waals surface area contributed by atoms with Crippen molar-refractivity contribution in [3.8, 4) is 11.8 Å². The molecule has 0 aliphatic carbocycles. The number of hydrogen-bond donors (Lipinski definition) is 0. The molecule has 0 atom stereocenters. The maximum absolute atomic E-state index is 5.88. The fourth-order valence-electron chi connectivity index (χ4n) is 1.02. The quantitative estimate of drug-likeness (QED) is 0.640. The SMILES string of the molecule is Cc1ccc(Cl)cc1C#CCN(C)C. The standard InChI is InChI=1S/C12H14ClN/c1-10-6-7-12(13)9-11(10)5-4-8-14(2)3/h6-7,9H,8H2,1-3H3. The monoisotopic (exact) mass is 207 g/mol. The normalized spacial score (nSPS) is 9.79. The van der Waals surface area contributed by atoms with Crippen LogP contribution in [0.25, 0.3) is 0 Å². The first kappa shape index (κ1) is 11.1. The zero-order chi connectivity index (χ0) is 10.6. The predicted octanol–water partition coefficient (Wildman–Crippen LogP) is 2.56. The average molecular weight is 208 g/mol. The average Bonchev–Trinajstić information content (AvgIpc) is 2.10. The van der Waals surface area contributed by atoms with Crippen molar-refractivity contribution < 1.29 is 0 Å². The first-order chi connectivity index (χ1) is 6.59. The fraction of sp³-hybridized carbons (Fsp3) is 0.333. The molecular weight excluding hydrogens is 194 g/mol. The number of hydrogen-bond acceptors (Lipinski definition) is 1. The van der Waals surface area contributed by atoms with Crippen LogP contribution >= 0.6 is 11.6 Å². The molecule has 0 aliphatic rings. The molecule has 0 heterocycles. The summed E-state index contributed by atoms with van der Waals surface area (Å²) in [7, 11) is 4.00. The molecule has 0 saturated carbocycles. The van der Waals surface area contributed by atoms with Gasteiger partial charge >= 0.3 is 0 Å². The van der Waals surface area contributed by atoms with Crippen LogP contribution in [0.4, 0.5) is 0 Å². The molecule has 0 saturated heterocycles. The van der Waals surface area contributed by atoms with Crippen LogP contribution in [-0.2, 0) is 0 Å². The molecule has 0 aromatic heterocycles. The summed E-state index contributed by atoms with van der Waals surface area (Å²) in [5, 5.41) is 0.741. The third-order valence-corrected chi connectivity index (χ3v) is 2.05. The summed E-state index contributed by atoms with van der Waals surface area (Å²) in [4.78, 5) is 2.03. The van der Waals surface area contributed by atoms with Crippen molar-refractivity contribution in [3.05, 3.63) is 34.3 Å². The number of aryl methyl sites for hydroxylation is 1. The zero-order valence-corrected chi connectivity index (χ0v) is 9.52. The molecular formula is C12H14ClN. The Bertz CT molecular complexity index is 372. The maximum Gasteiger partial charge on any atom is 0.0600 e. The molecule has 0 fully saturated rings. The van der Waals surface area contributed by atoms with E-state index in [-0.39, 0.29) is 0 Å². The van der Waals surface area contributed by atoms with Gasteiger partial charge in [0.15, 0.2) is 0 Å². The minimum Gasteiger partial charge on any atom is -0.299 e. The van der Waals surface area contributed by atoms with E-state index in [0.29, 0.717) is 0 Å². The van der Waals surface area contributed by atoms with E-state index in [1.165, 1.54) is 5.56 Å². The Morgan fingerprint density at radius 2 is 2.07 bits per heavy atom. The topological polar surface area (TPSA) is 3.24 Å². The van der Waals surface area contributed by atoms with Crippen molar-refractivity contribution in [2.24, 2.45) is 0 Å². The van der Waals surface area contributed by atoms with Gasteiger partial charge < -0.3 is 0 Å². The van der Waals surface area contributed by atoms with Crippen LogP contribution in [0.15, 0.2) is 18.2 Å². The van der Waals surface area contributed by atoms with E-state index in [1.807, 2.05) is 44.1 Å². The highest BCUT2D eigenvalue weighted by molar-refractivity contribution is 6.30. The van der Waals surface area contributed by atoms with E-state index < -0.39 is 0 Å². The molecule has 2 heteroatoms. The van der Waals surface area contributed by atoms with Gasteiger partial charge in [0.1, 0.15) is 0 Å². The van der Waals surface area contributed by atoms with Crippen LogP contribution in [0.1, 0.15) is 11.1 Å². The fourth-order valence-corrected chi connectivity index (χ4v) is 1.19. The molecule has 74 valence electrons. The Hall–Kier alpha value is -0.970. The Balaban J connectivity index is 2.83. The number of nitrogens with zero attached hydrogens (tertiary/aromatic N) is 1. The Labute approximate surface area is 90.7 Å². The van der Waals surface area contributed by atoms with Gasteiger partial charge in [-0.15, -0.1) is 0 Å². The second-order valence-corrected chi connectivity index (χ2v) is 3.94. The van der Waals surface area contributed by atoms with Gasteiger partial charge in [0, 0.05) is 10.6 Å². The molecule has 1 rings (SSSR count). The lowest BCUT2D eigenvalue weighted by Gasteiger charge is -2.01. The molecule has 0 amide bonds. The van der Waals surface area contributed by atoms with Crippen LogP contribution in [0, 0.1) is 18.8 Å². The van der Waals surface area contributed by atoms with Gasteiger partial charge in [-0.2, -0.15) is 0 Å². The molecule has 1 aromatic carbocycles. The Morgan fingerprint density at radius 3 is 2.71 bits per heavy atom. The third kappa shape index (κ3) is 3.41. The Kier molecular flexibility index (Phi) is 4.00. The minimum absolute atomic E-state index is 0.741. The van der Waals surface area contributed by atoms with Gasteiger partial charge in [-0.3, -0.25) is 4.90 Å². The van der Waals surface area contributed by atoms with Gasteiger partial charge in [0.2, 0.25) is 0 Å². The van der Waals surface area contributed by atoms with Crippen LogP contribution < -0.4 is 0 Å².